The second-order valence-corrected chi connectivity index (χ2v) is 5.10. The normalized spacial score (nSPS) is 12.6. The van der Waals surface area contributed by atoms with Gasteiger partial charge < -0.3 is 5.32 Å². The third kappa shape index (κ3) is 5.18. The first-order valence-electron chi connectivity index (χ1n) is 7.38. The average molecular weight is 248 g/mol. The van der Waals surface area contributed by atoms with Gasteiger partial charge in [0.2, 0.25) is 0 Å². The molecule has 1 atom stereocenters. The zero-order chi connectivity index (χ0) is 13.2. The minimum atomic E-state index is 0.414. The van der Waals surface area contributed by atoms with Gasteiger partial charge >= 0.3 is 0 Å². The van der Waals surface area contributed by atoms with Gasteiger partial charge in [-0.25, -0.2) is 0 Å². The van der Waals surface area contributed by atoms with Crippen molar-refractivity contribution < 1.29 is 0 Å². The summed E-state index contributed by atoms with van der Waals surface area (Å²) >= 11 is 0. The van der Waals surface area contributed by atoms with E-state index in [0.717, 1.165) is 0 Å². The summed E-state index contributed by atoms with van der Waals surface area (Å²) in [5, 5.41) is 3.40. The molecular weight excluding hydrogens is 220 g/mol. The molecule has 1 rings (SSSR count). The van der Waals surface area contributed by atoms with Crippen LogP contribution in [0.15, 0.2) is 18.3 Å². The Bertz CT molecular complexity index is 323. The standard InChI is InChI=1S/C16H28N2/c1-4-5-6-7-8-9-12-15(17-3)16-14(2)11-10-13-18-16/h10-11,13,15,17H,4-9,12H2,1-3H3. The molecule has 1 aromatic heterocycles. The zero-order valence-electron chi connectivity index (χ0n) is 12.2. The number of hydrogen-bond donors (Lipinski definition) is 1. The van der Waals surface area contributed by atoms with E-state index in [0.29, 0.717) is 6.04 Å². The Hall–Kier alpha value is -0.890. The van der Waals surface area contributed by atoms with E-state index in [1.807, 2.05) is 19.3 Å². The Morgan fingerprint density at radius 1 is 1.17 bits per heavy atom. The predicted molar refractivity (Wildman–Crippen MR) is 78.8 cm³/mol. The number of nitrogens with zero attached hydrogens (tertiary/aromatic N) is 1. The first kappa shape index (κ1) is 15.2. The molecule has 0 bridgehead atoms. The maximum Gasteiger partial charge on any atom is 0.0602 e. The molecule has 0 aromatic carbocycles. The van der Waals surface area contributed by atoms with Gasteiger partial charge in [0.05, 0.1) is 5.69 Å². The smallest absolute Gasteiger partial charge is 0.0602 e. The van der Waals surface area contributed by atoms with Crippen LogP contribution in [0.2, 0.25) is 0 Å². The summed E-state index contributed by atoms with van der Waals surface area (Å²) in [4.78, 5) is 4.52. The molecule has 1 unspecified atom stereocenters. The van der Waals surface area contributed by atoms with Crippen LogP contribution in [0.25, 0.3) is 0 Å². The van der Waals surface area contributed by atoms with Crippen molar-refractivity contribution in [1.29, 1.82) is 0 Å². The predicted octanol–water partition coefficient (Wildman–Crippen LogP) is 4.40. The molecule has 0 aliphatic heterocycles. The first-order valence-corrected chi connectivity index (χ1v) is 7.38. The molecule has 102 valence electrons. The van der Waals surface area contributed by atoms with Gasteiger partial charge in [-0.15, -0.1) is 0 Å². The summed E-state index contributed by atoms with van der Waals surface area (Å²) in [6, 6.07) is 4.57. The lowest BCUT2D eigenvalue weighted by Crippen LogP contribution is -2.18. The van der Waals surface area contributed by atoms with E-state index in [1.54, 1.807) is 0 Å². The van der Waals surface area contributed by atoms with Crippen LogP contribution in [0.4, 0.5) is 0 Å². The molecule has 0 amide bonds. The quantitative estimate of drug-likeness (QED) is 0.655. The van der Waals surface area contributed by atoms with E-state index < -0.39 is 0 Å². The maximum atomic E-state index is 4.52. The molecule has 0 saturated heterocycles. The summed E-state index contributed by atoms with van der Waals surface area (Å²) in [5.74, 6) is 0. The molecule has 2 nitrogen and oxygen atoms in total. The highest BCUT2D eigenvalue weighted by atomic mass is 14.9. The van der Waals surface area contributed by atoms with Crippen LogP contribution in [0, 0.1) is 6.92 Å². The number of nitrogens with one attached hydrogen (secondary N) is 1. The molecule has 0 aliphatic carbocycles. The van der Waals surface area contributed by atoms with Gasteiger partial charge in [0.1, 0.15) is 0 Å². The summed E-state index contributed by atoms with van der Waals surface area (Å²) < 4.78 is 0. The van der Waals surface area contributed by atoms with Gasteiger partial charge in [0.15, 0.2) is 0 Å². The van der Waals surface area contributed by atoms with Crippen LogP contribution in [-0.2, 0) is 0 Å². The fourth-order valence-electron chi connectivity index (χ4n) is 2.41. The molecule has 2 heteroatoms. The van der Waals surface area contributed by atoms with Crippen molar-refractivity contribution in [2.45, 2.75) is 64.8 Å². The van der Waals surface area contributed by atoms with Crippen LogP contribution < -0.4 is 5.32 Å². The molecule has 18 heavy (non-hydrogen) atoms. The van der Waals surface area contributed by atoms with Gasteiger partial charge in [-0.05, 0) is 32.0 Å². The SMILES string of the molecule is CCCCCCCCC(NC)c1ncccc1C. The van der Waals surface area contributed by atoms with Crippen molar-refractivity contribution in [3.05, 3.63) is 29.6 Å². The number of pyridine rings is 1. The highest BCUT2D eigenvalue weighted by molar-refractivity contribution is 5.20. The lowest BCUT2D eigenvalue weighted by molar-refractivity contribution is 0.487. The number of aryl methyl sites for hydroxylation is 1. The maximum absolute atomic E-state index is 4.52. The van der Waals surface area contributed by atoms with Crippen LogP contribution in [-0.4, -0.2) is 12.0 Å². The van der Waals surface area contributed by atoms with Gasteiger partial charge in [0, 0.05) is 12.2 Å². The summed E-state index contributed by atoms with van der Waals surface area (Å²) in [6.45, 7) is 4.41. The average Bonchev–Trinajstić information content (AvgIpc) is 2.39. The molecule has 0 fully saturated rings. The van der Waals surface area contributed by atoms with Crippen LogP contribution in [0.5, 0.6) is 0 Å². The summed E-state index contributed by atoms with van der Waals surface area (Å²) in [6.07, 6.45) is 11.2. The molecule has 0 saturated carbocycles. The minimum absolute atomic E-state index is 0.414. The van der Waals surface area contributed by atoms with Crippen molar-refractivity contribution in [3.63, 3.8) is 0 Å². The first-order chi connectivity index (χ1) is 8.79. The topological polar surface area (TPSA) is 24.9 Å². The fourth-order valence-corrected chi connectivity index (χ4v) is 2.41. The number of unbranched alkanes of at least 4 members (excludes halogenated alkanes) is 5. The van der Waals surface area contributed by atoms with E-state index in [-0.39, 0.29) is 0 Å². The number of aromatic nitrogens is 1. The van der Waals surface area contributed by atoms with Gasteiger partial charge in [-0.2, -0.15) is 0 Å². The second kappa shape index (κ2) is 9.09. The molecular formula is C16H28N2. The lowest BCUT2D eigenvalue weighted by Gasteiger charge is -2.17. The summed E-state index contributed by atoms with van der Waals surface area (Å²) in [5.41, 5.74) is 2.51. The van der Waals surface area contributed by atoms with E-state index >= 15 is 0 Å². The number of hydrogen-bond acceptors (Lipinski definition) is 2. The third-order valence-corrected chi connectivity index (χ3v) is 3.57. The van der Waals surface area contributed by atoms with Crippen molar-refractivity contribution in [3.8, 4) is 0 Å². The van der Waals surface area contributed by atoms with Crippen molar-refractivity contribution in [1.82, 2.24) is 10.3 Å². The Balaban J connectivity index is 2.32. The van der Waals surface area contributed by atoms with Crippen molar-refractivity contribution >= 4 is 0 Å². The molecule has 0 spiro atoms. The Kier molecular flexibility index (Phi) is 7.66. The van der Waals surface area contributed by atoms with Crippen molar-refractivity contribution in [2.24, 2.45) is 0 Å². The minimum Gasteiger partial charge on any atom is -0.312 e. The fraction of sp³-hybridized carbons (Fsp3) is 0.688. The molecule has 1 aromatic rings. The molecule has 0 radical (unpaired) electrons. The van der Waals surface area contributed by atoms with E-state index in [2.05, 4.69) is 30.2 Å². The molecule has 1 N–H and O–H groups in total. The summed E-state index contributed by atoms with van der Waals surface area (Å²) in [7, 11) is 2.04. The Morgan fingerprint density at radius 3 is 2.56 bits per heavy atom. The Morgan fingerprint density at radius 2 is 1.89 bits per heavy atom. The molecule has 0 aliphatic rings. The second-order valence-electron chi connectivity index (χ2n) is 5.10. The molecule has 1 heterocycles. The van der Waals surface area contributed by atoms with Gasteiger partial charge in [-0.3, -0.25) is 4.98 Å². The third-order valence-electron chi connectivity index (χ3n) is 3.57. The van der Waals surface area contributed by atoms with Crippen LogP contribution >= 0.6 is 0 Å². The Labute approximate surface area is 112 Å². The van der Waals surface area contributed by atoms with Gasteiger partial charge in [-0.1, -0.05) is 51.5 Å². The zero-order valence-corrected chi connectivity index (χ0v) is 12.2. The van der Waals surface area contributed by atoms with E-state index in [9.17, 15) is 0 Å². The van der Waals surface area contributed by atoms with E-state index in [1.165, 1.54) is 56.2 Å². The van der Waals surface area contributed by atoms with Crippen LogP contribution in [0.1, 0.15) is 69.2 Å². The van der Waals surface area contributed by atoms with E-state index in [4.69, 9.17) is 0 Å². The van der Waals surface area contributed by atoms with Crippen LogP contribution in [0.3, 0.4) is 0 Å². The highest BCUT2D eigenvalue weighted by Gasteiger charge is 2.12. The highest BCUT2D eigenvalue weighted by Crippen LogP contribution is 2.20. The van der Waals surface area contributed by atoms with Gasteiger partial charge in [0.25, 0.3) is 0 Å². The monoisotopic (exact) mass is 248 g/mol. The lowest BCUT2D eigenvalue weighted by atomic mass is 10.0. The largest absolute Gasteiger partial charge is 0.312 e. The van der Waals surface area contributed by atoms with Crippen molar-refractivity contribution in [2.75, 3.05) is 7.05 Å². The number of rotatable bonds is 9.